The van der Waals surface area contributed by atoms with Crippen molar-refractivity contribution in [2.75, 3.05) is 5.32 Å². The minimum absolute atomic E-state index is 0.0734. The van der Waals surface area contributed by atoms with Crippen molar-refractivity contribution in [3.05, 3.63) is 28.2 Å². The molecule has 1 amide bonds. The average Bonchev–Trinajstić information content (AvgIpc) is 2.63. The molecule has 1 aromatic carbocycles. The largest absolute Gasteiger partial charge is 0.328 e. The lowest BCUT2D eigenvalue weighted by atomic mass is 10.1. The highest BCUT2D eigenvalue weighted by Gasteiger charge is 2.27. The summed E-state index contributed by atoms with van der Waals surface area (Å²) in [5.41, 5.74) is 7.79. The molecule has 1 saturated carbocycles. The lowest BCUT2D eigenvalue weighted by Gasteiger charge is -2.11. The second kappa shape index (κ2) is 5.19. The Labute approximate surface area is 110 Å². The van der Waals surface area contributed by atoms with Gasteiger partial charge in [-0.3, -0.25) is 4.79 Å². The molecule has 2 atom stereocenters. The number of halogens is 1. The van der Waals surface area contributed by atoms with Crippen LogP contribution in [0, 0.1) is 12.8 Å². The molecule has 92 valence electrons. The summed E-state index contributed by atoms with van der Waals surface area (Å²) < 4.78 is 0.982. The number of aryl methyl sites for hydroxylation is 1. The van der Waals surface area contributed by atoms with Crippen molar-refractivity contribution in [1.82, 2.24) is 0 Å². The van der Waals surface area contributed by atoms with Crippen molar-refractivity contribution in [2.24, 2.45) is 11.7 Å². The number of nitrogens with two attached hydrogens (primary N) is 1. The minimum atomic E-state index is 0.0734. The van der Waals surface area contributed by atoms with Gasteiger partial charge in [0.05, 0.1) is 0 Å². The Morgan fingerprint density at radius 1 is 1.41 bits per heavy atom. The molecule has 0 aliphatic heterocycles. The van der Waals surface area contributed by atoms with E-state index in [4.69, 9.17) is 5.73 Å². The first kappa shape index (κ1) is 12.6. The maximum absolute atomic E-state index is 12.0. The Hall–Kier alpha value is -0.870. The highest BCUT2D eigenvalue weighted by Crippen LogP contribution is 2.26. The van der Waals surface area contributed by atoms with Crippen molar-refractivity contribution in [2.45, 2.75) is 32.2 Å². The molecule has 1 aromatic rings. The van der Waals surface area contributed by atoms with Gasteiger partial charge in [-0.15, -0.1) is 0 Å². The molecule has 2 unspecified atom stereocenters. The van der Waals surface area contributed by atoms with Gasteiger partial charge in [-0.2, -0.15) is 0 Å². The Morgan fingerprint density at radius 2 is 2.18 bits per heavy atom. The number of hydrogen-bond donors (Lipinski definition) is 2. The van der Waals surface area contributed by atoms with Crippen LogP contribution in [0.3, 0.4) is 0 Å². The van der Waals surface area contributed by atoms with Gasteiger partial charge in [-0.1, -0.05) is 15.9 Å². The van der Waals surface area contributed by atoms with Crippen LogP contribution in [0.5, 0.6) is 0 Å². The summed E-state index contributed by atoms with van der Waals surface area (Å²) in [6, 6.07) is 6.09. The molecule has 17 heavy (non-hydrogen) atoms. The van der Waals surface area contributed by atoms with Crippen molar-refractivity contribution < 1.29 is 4.79 Å². The zero-order valence-electron chi connectivity index (χ0n) is 9.87. The quantitative estimate of drug-likeness (QED) is 0.882. The molecular formula is C13H17BrN2O. The number of carbonyl (C=O) groups is 1. The predicted molar refractivity (Wildman–Crippen MR) is 72.8 cm³/mol. The molecule has 4 heteroatoms. The van der Waals surface area contributed by atoms with Crippen molar-refractivity contribution in [3.63, 3.8) is 0 Å². The normalized spacial score (nSPS) is 23.7. The van der Waals surface area contributed by atoms with E-state index in [2.05, 4.69) is 21.2 Å². The minimum Gasteiger partial charge on any atom is -0.328 e. The van der Waals surface area contributed by atoms with Crippen LogP contribution in [-0.4, -0.2) is 11.9 Å². The molecule has 3 nitrogen and oxygen atoms in total. The Kier molecular flexibility index (Phi) is 3.84. The van der Waals surface area contributed by atoms with Crippen LogP contribution in [0.4, 0.5) is 5.69 Å². The highest BCUT2D eigenvalue weighted by atomic mass is 79.9. The summed E-state index contributed by atoms with van der Waals surface area (Å²) in [7, 11) is 0. The molecule has 0 heterocycles. The van der Waals surface area contributed by atoms with Crippen LogP contribution < -0.4 is 11.1 Å². The molecule has 0 radical (unpaired) electrons. The van der Waals surface area contributed by atoms with E-state index < -0.39 is 0 Å². The zero-order valence-corrected chi connectivity index (χ0v) is 11.5. The van der Waals surface area contributed by atoms with Gasteiger partial charge in [0.2, 0.25) is 5.91 Å². The lowest BCUT2D eigenvalue weighted by molar-refractivity contribution is -0.119. The summed E-state index contributed by atoms with van der Waals surface area (Å²) in [5, 5.41) is 2.96. The fraction of sp³-hybridized carbons (Fsp3) is 0.462. The van der Waals surface area contributed by atoms with E-state index in [9.17, 15) is 4.79 Å². The summed E-state index contributed by atoms with van der Waals surface area (Å²) in [4.78, 5) is 12.0. The van der Waals surface area contributed by atoms with E-state index >= 15 is 0 Å². The molecule has 2 rings (SSSR count). The van der Waals surface area contributed by atoms with Crippen LogP contribution in [0.2, 0.25) is 0 Å². The van der Waals surface area contributed by atoms with Crippen LogP contribution >= 0.6 is 15.9 Å². The standard InChI is InChI=1S/C13H17BrN2O/c1-8-4-10(14)7-12(5-8)16-13(17)9-2-3-11(15)6-9/h4-5,7,9,11H,2-3,6,15H2,1H3,(H,16,17). The van der Waals surface area contributed by atoms with Gasteiger partial charge >= 0.3 is 0 Å². The molecule has 3 N–H and O–H groups in total. The van der Waals surface area contributed by atoms with Gasteiger partial charge in [0.25, 0.3) is 0 Å². The average molecular weight is 297 g/mol. The van der Waals surface area contributed by atoms with Gasteiger partial charge in [0, 0.05) is 22.1 Å². The molecule has 1 fully saturated rings. The smallest absolute Gasteiger partial charge is 0.227 e. The third kappa shape index (κ3) is 3.30. The molecule has 0 saturated heterocycles. The van der Waals surface area contributed by atoms with Gasteiger partial charge in [-0.25, -0.2) is 0 Å². The fourth-order valence-corrected chi connectivity index (χ4v) is 2.92. The highest BCUT2D eigenvalue weighted by molar-refractivity contribution is 9.10. The maximum atomic E-state index is 12.0. The maximum Gasteiger partial charge on any atom is 0.227 e. The van der Waals surface area contributed by atoms with E-state index in [0.717, 1.165) is 35.0 Å². The second-order valence-electron chi connectivity index (χ2n) is 4.78. The first-order chi connectivity index (χ1) is 8.04. The molecule has 0 spiro atoms. The summed E-state index contributed by atoms with van der Waals surface area (Å²) in [6.45, 7) is 2.01. The number of amides is 1. The zero-order chi connectivity index (χ0) is 12.4. The van der Waals surface area contributed by atoms with Crippen LogP contribution in [-0.2, 0) is 4.79 Å². The van der Waals surface area contributed by atoms with E-state index in [1.54, 1.807) is 0 Å². The number of nitrogens with one attached hydrogen (secondary N) is 1. The number of carbonyl (C=O) groups excluding carboxylic acids is 1. The Bertz CT molecular complexity index is 413. The summed E-state index contributed by atoms with van der Waals surface area (Å²) in [6.07, 6.45) is 2.66. The van der Waals surface area contributed by atoms with Gasteiger partial charge < -0.3 is 11.1 Å². The van der Waals surface area contributed by atoms with E-state index in [0.29, 0.717) is 0 Å². The number of rotatable bonds is 2. The topological polar surface area (TPSA) is 55.1 Å². The number of benzene rings is 1. The predicted octanol–water partition coefficient (Wildman–Crippen LogP) is 2.82. The first-order valence-corrected chi connectivity index (χ1v) is 6.67. The third-order valence-electron chi connectivity index (χ3n) is 3.15. The lowest BCUT2D eigenvalue weighted by Crippen LogP contribution is -2.23. The number of anilines is 1. The summed E-state index contributed by atoms with van der Waals surface area (Å²) >= 11 is 3.42. The van der Waals surface area contributed by atoms with Gasteiger partial charge in [0.15, 0.2) is 0 Å². The Morgan fingerprint density at radius 3 is 2.76 bits per heavy atom. The fourth-order valence-electron chi connectivity index (χ4n) is 2.31. The molecule has 0 aromatic heterocycles. The third-order valence-corrected chi connectivity index (χ3v) is 3.61. The van der Waals surface area contributed by atoms with Crippen molar-refractivity contribution >= 4 is 27.5 Å². The van der Waals surface area contributed by atoms with E-state index in [1.807, 2.05) is 25.1 Å². The van der Waals surface area contributed by atoms with E-state index in [1.165, 1.54) is 0 Å². The molecule has 0 bridgehead atoms. The van der Waals surface area contributed by atoms with Gasteiger partial charge in [-0.05, 0) is 49.9 Å². The SMILES string of the molecule is Cc1cc(Br)cc(NC(=O)C2CCC(N)C2)c1. The van der Waals surface area contributed by atoms with Crippen LogP contribution in [0.15, 0.2) is 22.7 Å². The Balaban J connectivity index is 2.03. The van der Waals surface area contributed by atoms with Gasteiger partial charge in [0.1, 0.15) is 0 Å². The van der Waals surface area contributed by atoms with Crippen molar-refractivity contribution in [3.8, 4) is 0 Å². The summed E-state index contributed by atoms with van der Waals surface area (Å²) in [5.74, 6) is 0.166. The number of hydrogen-bond acceptors (Lipinski definition) is 2. The molecule has 1 aliphatic carbocycles. The monoisotopic (exact) mass is 296 g/mol. The van der Waals surface area contributed by atoms with Crippen LogP contribution in [0.25, 0.3) is 0 Å². The van der Waals surface area contributed by atoms with Crippen molar-refractivity contribution in [1.29, 1.82) is 0 Å². The first-order valence-electron chi connectivity index (χ1n) is 5.88. The molecule has 1 aliphatic rings. The second-order valence-corrected chi connectivity index (χ2v) is 5.69. The van der Waals surface area contributed by atoms with E-state index in [-0.39, 0.29) is 17.9 Å². The van der Waals surface area contributed by atoms with Crippen LogP contribution in [0.1, 0.15) is 24.8 Å². The molecular weight excluding hydrogens is 280 g/mol.